The van der Waals surface area contributed by atoms with E-state index in [4.69, 9.17) is 16.3 Å². The summed E-state index contributed by atoms with van der Waals surface area (Å²) in [5.74, 6) is 1.48. The van der Waals surface area contributed by atoms with Crippen molar-refractivity contribution < 1.29 is 9.53 Å². The zero-order chi connectivity index (χ0) is 16.8. The van der Waals surface area contributed by atoms with Gasteiger partial charge in [0, 0.05) is 10.6 Å². The lowest BCUT2D eigenvalue weighted by molar-refractivity contribution is 0.104. The lowest BCUT2D eigenvalue weighted by Gasteiger charge is -2.05. The summed E-state index contributed by atoms with van der Waals surface area (Å²) in [6, 6.07) is 24.0. The molecule has 3 aromatic carbocycles. The van der Waals surface area contributed by atoms with Crippen LogP contribution in [0.5, 0.6) is 11.5 Å². The van der Waals surface area contributed by atoms with E-state index < -0.39 is 0 Å². The SMILES string of the molecule is O=C(C=Cc1ccc(Oc2ccccc2)cc1)c1ccc(Cl)cc1. The molecule has 0 saturated carbocycles. The van der Waals surface area contributed by atoms with Gasteiger partial charge in [-0.1, -0.05) is 48.0 Å². The molecule has 0 heterocycles. The third-order valence-corrected chi connectivity index (χ3v) is 3.67. The Bertz CT molecular complexity index is 835. The summed E-state index contributed by atoms with van der Waals surface area (Å²) in [4.78, 5) is 12.1. The quantitative estimate of drug-likeness (QED) is 0.420. The molecule has 24 heavy (non-hydrogen) atoms. The highest BCUT2D eigenvalue weighted by Crippen LogP contribution is 2.21. The van der Waals surface area contributed by atoms with Crippen LogP contribution in [0.1, 0.15) is 15.9 Å². The number of ether oxygens (including phenoxy) is 1. The maximum absolute atomic E-state index is 12.1. The van der Waals surface area contributed by atoms with Gasteiger partial charge in [-0.2, -0.15) is 0 Å². The first kappa shape index (κ1) is 16.0. The minimum absolute atomic E-state index is 0.0590. The van der Waals surface area contributed by atoms with Gasteiger partial charge < -0.3 is 4.74 Å². The normalized spacial score (nSPS) is 10.7. The van der Waals surface area contributed by atoms with Gasteiger partial charge in [0.05, 0.1) is 0 Å². The predicted octanol–water partition coefficient (Wildman–Crippen LogP) is 6.03. The van der Waals surface area contributed by atoms with Crippen LogP contribution in [0.15, 0.2) is 84.9 Å². The van der Waals surface area contributed by atoms with Crippen LogP contribution in [-0.2, 0) is 0 Å². The van der Waals surface area contributed by atoms with Crippen molar-refractivity contribution in [3.05, 3.63) is 101 Å². The highest BCUT2D eigenvalue weighted by Gasteiger charge is 2.01. The number of carbonyl (C=O) groups excluding carboxylic acids is 1. The Morgan fingerprint density at radius 1 is 0.792 bits per heavy atom. The number of halogens is 1. The molecule has 0 aliphatic carbocycles. The number of rotatable bonds is 5. The van der Waals surface area contributed by atoms with Crippen molar-refractivity contribution >= 4 is 23.5 Å². The molecule has 3 heteroatoms. The molecule has 0 saturated heterocycles. The van der Waals surface area contributed by atoms with Gasteiger partial charge in [-0.15, -0.1) is 0 Å². The van der Waals surface area contributed by atoms with Crippen LogP contribution in [0.4, 0.5) is 0 Å². The molecule has 0 aliphatic heterocycles. The molecule has 0 atom stereocenters. The Morgan fingerprint density at radius 2 is 1.42 bits per heavy atom. The van der Waals surface area contributed by atoms with E-state index in [-0.39, 0.29) is 5.78 Å². The summed E-state index contributed by atoms with van der Waals surface area (Å²) in [5, 5.41) is 0.615. The first-order valence-corrected chi connectivity index (χ1v) is 7.89. The van der Waals surface area contributed by atoms with Crippen LogP contribution in [0.2, 0.25) is 5.02 Å². The summed E-state index contributed by atoms with van der Waals surface area (Å²) in [6.45, 7) is 0. The fourth-order valence-corrected chi connectivity index (χ4v) is 2.28. The standard InChI is InChI=1S/C21H15ClO2/c22-18-11-9-17(10-12-18)21(23)15-8-16-6-13-20(14-7-16)24-19-4-2-1-3-5-19/h1-15H. The van der Waals surface area contributed by atoms with E-state index in [1.165, 1.54) is 0 Å². The third kappa shape index (κ3) is 4.34. The third-order valence-electron chi connectivity index (χ3n) is 3.41. The van der Waals surface area contributed by atoms with E-state index in [1.807, 2.05) is 54.6 Å². The van der Waals surface area contributed by atoms with Crippen molar-refractivity contribution in [2.24, 2.45) is 0 Å². The van der Waals surface area contributed by atoms with Crippen molar-refractivity contribution in [3.8, 4) is 11.5 Å². The average Bonchev–Trinajstić information content (AvgIpc) is 2.62. The van der Waals surface area contributed by atoms with E-state index in [1.54, 1.807) is 36.4 Å². The van der Waals surface area contributed by atoms with Crippen LogP contribution in [0.3, 0.4) is 0 Å². The maximum Gasteiger partial charge on any atom is 0.185 e. The zero-order valence-corrected chi connectivity index (χ0v) is 13.6. The number of ketones is 1. The molecule has 0 bridgehead atoms. The highest BCUT2D eigenvalue weighted by molar-refractivity contribution is 6.30. The molecule has 0 amide bonds. The zero-order valence-electron chi connectivity index (χ0n) is 12.9. The molecule has 3 aromatic rings. The molecule has 0 radical (unpaired) electrons. The molecule has 0 aromatic heterocycles. The first-order chi connectivity index (χ1) is 11.7. The van der Waals surface area contributed by atoms with Crippen LogP contribution in [-0.4, -0.2) is 5.78 Å². The summed E-state index contributed by atoms with van der Waals surface area (Å²) >= 11 is 5.82. The van der Waals surface area contributed by atoms with Crippen molar-refractivity contribution in [1.29, 1.82) is 0 Å². The van der Waals surface area contributed by atoms with Crippen LogP contribution in [0, 0.1) is 0 Å². The lowest BCUT2D eigenvalue weighted by Crippen LogP contribution is -1.93. The van der Waals surface area contributed by atoms with Gasteiger partial charge >= 0.3 is 0 Å². The van der Waals surface area contributed by atoms with Crippen LogP contribution < -0.4 is 4.74 Å². The van der Waals surface area contributed by atoms with Gasteiger partial charge in [0.15, 0.2) is 5.78 Å². The van der Waals surface area contributed by atoms with E-state index in [9.17, 15) is 4.79 Å². The molecule has 0 N–H and O–H groups in total. The fourth-order valence-electron chi connectivity index (χ4n) is 2.15. The summed E-state index contributed by atoms with van der Waals surface area (Å²) in [7, 11) is 0. The number of para-hydroxylation sites is 1. The Balaban J connectivity index is 1.65. The predicted molar refractivity (Wildman–Crippen MR) is 97.8 cm³/mol. The second-order valence-electron chi connectivity index (χ2n) is 5.19. The minimum Gasteiger partial charge on any atom is -0.457 e. The largest absolute Gasteiger partial charge is 0.457 e. The average molecular weight is 335 g/mol. The van der Waals surface area contributed by atoms with Crippen molar-refractivity contribution in [2.75, 3.05) is 0 Å². The number of allylic oxidation sites excluding steroid dienone is 1. The monoisotopic (exact) mass is 334 g/mol. The topological polar surface area (TPSA) is 26.3 Å². The Morgan fingerprint density at radius 3 is 2.08 bits per heavy atom. The molecular weight excluding hydrogens is 320 g/mol. The number of carbonyl (C=O) groups is 1. The van der Waals surface area contributed by atoms with Crippen LogP contribution in [0.25, 0.3) is 6.08 Å². The van der Waals surface area contributed by atoms with Gasteiger partial charge in [-0.3, -0.25) is 4.79 Å². The van der Waals surface area contributed by atoms with Crippen molar-refractivity contribution in [2.45, 2.75) is 0 Å². The summed E-state index contributed by atoms with van der Waals surface area (Å²) in [5.41, 5.74) is 1.54. The molecule has 0 unspecified atom stereocenters. The molecule has 0 aliphatic rings. The van der Waals surface area contributed by atoms with Crippen molar-refractivity contribution in [3.63, 3.8) is 0 Å². The van der Waals surface area contributed by atoms with Gasteiger partial charge in [0.1, 0.15) is 11.5 Å². The summed E-state index contributed by atoms with van der Waals surface area (Å²) in [6.07, 6.45) is 3.33. The van der Waals surface area contributed by atoms with Gasteiger partial charge in [-0.05, 0) is 60.2 Å². The van der Waals surface area contributed by atoms with E-state index in [0.29, 0.717) is 10.6 Å². The van der Waals surface area contributed by atoms with E-state index in [0.717, 1.165) is 17.1 Å². The number of benzene rings is 3. The second-order valence-corrected chi connectivity index (χ2v) is 5.63. The molecule has 0 spiro atoms. The molecule has 0 fully saturated rings. The second kappa shape index (κ2) is 7.62. The van der Waals surface area contributed by atoms with Crippen LogP contribution >= 0.6 is 11.6 Å². The van der Waals surface area contributed by atoms with Gasteiger partial charge in [0.2, 0.25) is 0 Å². The van der Waals surface area contributed by atoms with Gasteiger partial charge in [0.25, 0.3) is 0 Å². The molecular formula is C21H15ClO2. The van der Waals surface area contributed by atoms with Gasteiger partial charge in [-0.25, -0.2) is 0 Å². The van der Waals surface area contributed by atoms with E-state index in [2.05, 4.69) is 0 Å². The lowest BCUT2D eigenvalue weighted by atomic mass is 10.1. The number of hydrogen-bond acceptors (Lipinski definition) is 2. The molecule has 3 rings (SSSR count). The maximum atomic E-state index is 12.1. The Kier molecular flexibility index (Phi) is 5.09. The fraction of sp³-hybridized carbons (Fsp3) is 0. The van der Waals surface area contributed by atoms with E-state index >= 15 is 0 Å². The van der Waals surface area contributed by atoms with Crippen molar-refractivity contribution in [1.82, 2.24) is 0 Å². The summed E-state index contributed by atoms with van der Waals surface area (Å²) < 4.78 is 5.74. The Labute approximate surface area is 146 Å². The molecule has 2 nitrogen and oxygen atoms in total. The number of hydrogen-bond donors (Lipinski definition) is 0. The first-order valence-electron chi connectivity index (χ1n) is 7.52. The smallest absolute Gasteiger partial charge is 0.185 e. The molecule has 118 valence electrons. The highest BCUT2D eigenvalue weighted by atomic mass is 35.5. The Hall–Kier alpha value is -2.84. The minimum atomic E-state index is -0.0590.